The summed E-state index contributed by atoms with van der Waals surface area (Å²) < 4.78 is 28.4. The molecule has 1 aliphatic heterocycles. The monoisotopic (exact) mass is 308 g/mol. The molecule has 20 heavy (non-hydrogen) atoms. The minimum Gasteiger partial charge on any atom is -0.435 e. The highest BCUT2D eigenvalue weighted by Crippen LogP contribution is 2.16. The van der Waals surface area contributed by atoms with Crippen molar-refractivity contribution in [3.8, 4) is 5.75 Å². The molecule has 0 unspecified atom stereocenters. The zero-order chi connectivity index (χ0) is 13.8. The molecule has 0 saturated carbocycles. The van der Waals surface area contributed by atoms with E-state index in [1.165, 1.54) is 24.3 Å². The molecule has 8 heteroatoms. The number of carbonyl (C=O) groups is 1. The van der Waals surface area contributed by atoms with Gasteiger partial charge in [0, 0.05) is 18.7 Å². The summed E-state index contributed by atoms with van der Waals surface area (Å²) in [7, 11) is 0. The Hall–Kier alpha value is -1.44. The van der Waals surface area contributed by atoms with Crippen LogP contribution < -0.4 is 15.4 Å². The SMILES string of the molecule is Cl.O=C(N[C@@H]1CNC[C@H]1O)c1cccc(OC(F)F)c1. The van der Waals surface area contributed by atoms with E-state index in [2.05, 4.69) is 15.4 Å². The normalized spacial score (nSPS) is 21.4. The molecule has 2 atom stereocenters. The number of alkyl halides is 2. The van der Waals surface area contributed by atoms with E-state index in [0.29, 0.717) is 13.1 Å². The molecule has 2 rings (SSSR count). The molecule has 1 aliphatic rings. The smallest absolute Gasteiger partial charge is 0.387 e. The van der Waals surface area contributed by atoms with Gasteiger partial charge in [0.05, 0.1) is 12.1 Å². The second-order valence-electron chi connectivity index (χ2n) is 4.21. The van der Waals surface area contributed by atoms with Gasteiger partial charge in [0.25, 0.3) is 5.91 Å². The highest BCUT2D eigenvalue weighted by atomic mass is 35.5. The molecule has 1 heterocycles. The number of benzene rings is 1. The quantitative estimate of drug-likeness (QED) is 0.768. The van der Waals surface area contributed by atoms with Crippen LogP contribution in [0.1, 0.15) is 10.4 Å². The Morgan fingerprint density at radius 2 is 2.20 bits per heavy atom. The highest BCUT2D eigenvalue weighted by molar-refractivity contribution is 5.94. The fourth-order valence-corrected chi connectivity index (χ4v) is 1.88. The molecule has 1 aromatic carbocycles. The number of amides is 1. The summed E-state index contributed by atoms with van der Waals surface area (Å²) in [5, 5.41) is 15.1. The van der Waals surface area contributed by atoms with Gasteiger partial charge in [-0.05, 0) is 18.2 Å². The average Bonchev–Trinajstić information content (AvgIpc) is 2.74. The molecule has 5 nitrogen and oxygen atoms in total. The molecule has 0 aliphatic carbocycles. The van der Waals surface area contributed by atoms with Crippen molar-refractivity contribution in [2.45, 2.75) is 18.8 Å². The van der Waals surface area contributed by atoms with Crippen molar-refractivity contribution in [2.24, 2.45) is 0 Å². The van der Waals surface area contributed by atoms with Gasteiger partial charge in [-0.2, -0.15) is 8.78 Å². The van der Waals surface area contributed by atoms with Crippen molar-refractivity contribution in [3.05, 3.63) is 29.8 Å². The van der Waals surface area contributed by atoms with Gasteiger partial charge in [-0.25, -0.2) is 0 Å². The summed E-state index contributed by atoms with van der Waals surface area (Å²) in [6, 6.07) is 5.14. The van der Waals surface area contributed by atoms with E-state index in [0.717, 1.165) is 0 Å². The third kappa shape index (κ3) is 4.29. The summed E-state index contributed by atoms with van der Waals surface area (Å²) in [6.07, 6.45) is -0.649. The topological polar surface area (TPSA) is 70.6 Å². The van der Waals surface area contributed by atoms with Gasteiger partial charge in [0.1, 0.15) is 5.75 Å². The highest BCUT2D eigenvalue weighted by Gasteiger charge is 2.26. The Kier molecular flexibility index (Phi) is 6.12. The Morgan fingerprint density at radius 3 is 2.80 bits per heavy atom. The van der Waals surface area contributed by atoms with Crippen LogP contribution in [0.5, 0.6) is 5.75 Å². The molecule has 0 bridgehead atoms. The lowest BCUT2D eigenvalue weighted by Gasteiger charge is -2.15. The number of hydrogen-bond acceptors (Lipinski definition) is 4. The van der Waals surface area contributed by atoms with Crippen LogP contribution in [-0.4, -0.2) is 42.9 Å². The van der Waals surface area contributed by atoms with E-state index in [4.69, 9.17) is 0 Å². The molecule has 0 spiro atoms. The first-order chi connectivity index (χ1) is 9.06. The van der Waals surface area contributed by atoms with E-state index in [1.54, 1.807) is 0 Å². The van der Waals surface area contributed by atoms with E-state index in [1.807, 2.05) is 0 Å². The molecule has 1 saturated heterocycles. The lowest BCUT2D eigenvalue weighted by Crippen LogP contribution is -2.42. The first kappa shape index (κ1) is 16.6. The zero-order valence-corrected chi connectivity index (χ0v) is 11.2. The number of nitrogens with one attached hydrogen (secondary N) is 2. The number of aliphatic hydroxyl groups excluding tert-OH is 1. The van der Waals surface area contributed by atoms with Crippen molar-refractivity contribution in [1.29, 1.82) is 0 Å². The summed E-state index contributed by atoms with van der Waals surface area (Å²) in [5.41, 5.74) is 0.206. The van der Waals surface area contributed by atoms with Crippen LogP contribution in [0.25, 0.3) is 0 Å². The van der Waals surface area contributed by atoms with Gasteiger partial charge >= 0.3 is 6.61 Å². The van der Waals surface area contributed by atoms with Gasteiger partial charge in [0.2, 0.25) is 0 Å². The van der Waals surface area contributed by atoms with Crippen LogP contribution >= 0.6 is 12.4 Å². The lowest BCUT2D eigenvalue weighted by atomic mass is 10.1. The number of β-amino-alcohol motifs (C(OH)–C–C–N with tert-alkyl or cyclic N) is 1. The van der Waals surface area contributed by atoms with Crippen LogP contribution in [-0.2, 0) is 0 Å². The van der Waals surface area contributed by atoms with Gasteiger partial charge in [-0.15, -0.1) is 12.4 Å². The van der Waals surface area contributed by atoms with Crippen LogP contribution in [0.15, 0.2) is 24.3 Å². The molecule has 1 amide bonds. The van der Waals surface area contributed by atoms with E-state index in [9.17, 15) is 18.7 Å². The number of hydrogen-bond donors (Lipinski definition) is 3. The molecule has 0 radical (unpaired) electrons. The molecular formula is C12H15ClF2N2O3. The fraction of sp³-hybridized carbons (Fsp3) is 0.417. The lowest BCUT2D eigenvalue weighted by molar-refractivity contribution is -0.0498. The Morgan fingerprint density at radius 1 is 1.45 bits per heavy atom. The van der Waals surface area contributed by atoms with Gasteiger partial charge in [0.15, 0.2) is 0 Å². The van der Waals surface area contributed by atoms with Gasteiger partial charge in [-0.3, -0.25) is 4.79 Å². The summed E-state index contributed by atoms with van der Waals surface area (Å²) >= 11 is 0. The molecule has 1 aromatic rings. The fourth-order valence-electron chi connectivity index (χ4n) is 1.88. The third-order valence-electron chi connectivity index (χ3n) is 2.82. The van der Waals surface area contributed by atoms with Crippen molar-refractivity contribution >= 4 is 18.3 Å². The van der Waals surface area contributed by atoms with Crippen molar-refractivity contribution in [3.63, 3.8) is 0 Å². The number of carbonyl (C=O) groups excluding carboxylic acids is 1. The first-order valence-corrected chi connectivity index (χ1v) is 5.81. The largest absolute Gasteiger partial charge is 0.435 e. The second-order valence-corrected chi connectivity index (χ2v) is 4.21. The Bertz CT molecular complexity index is 462. The minimum atomic E-state index is -2.93. The summed E-state index contributed by atoms with van der Waals surface area (Å²) in [6.45, 7) is -2.04. The first-order valence-electron chi connectivity index (χ1n) is 5.81. The molecular weight excluding hydrogens is 294 g/mol. The van der Waals surface area contributed by atoms with E-state index < -0.39 is 18.6 Å². The number of aliphatic hydroxyl groups is 1. The van der Waals surface area contributed by atoms with Crippen LogP contribution in [0, 0.1) is 0 Å². The maximum Gasteiger partial charge on any atom is 0.387 e. The van der Waals surface area contributed by atoms with Crippen molar-refractivity contribution < 1.29 is 23.4 Å². The van der Waals surface area contributed by atoms with Gasteiger partial charge in [-0.1, -0.05) is 6.07 Å². The van der Waals surface area contributed by atoms with Crippen molar-refractivity contribution in [2.75, 3.05) is 13.1 Å². The van der Waals surface area contributed by atoms with E-state index in [-0.39, 0.29) is 29.8 Å². The number of halogens is 3. The summed E-state index contributed by atoms with van der Waals surface area (Å²) in [5.74, 6) is -0.514. The van der Waals surface area contributed by atoms with Gasteiger partial charge < -0.3 is 20.5 Å². The van der Waals surface area contributed by atoms with Crippen LogP contribution in [0.4, 0.5) is 8.78 Å². The maximum atomic E-state index is 12.1. The Labute approximate surface area is 120 Å². The number of ether oxygens (including phenoxy) is 1. The average molecular weight is 309 g/mol. The zero-order valence-electron chi connectivity index (χ0n) is 10.4. The van der Waals surface area contributed by atoms with Crippen LogP contribution in [0.3, 0.4) is 0 Å². The summed E-state index contributed by atoms with van der Waals surface area (Å²) in [4.78, 5) is 11.9. The number of rotatable bonds is 4. The predicted molar refractivity (Wildman–Crippen MR) is 70.5 cm³/mol. The Balaban J connectivity index is 0.00000200. The molecule has 1 fully saturated rings. The molecule has 0 aromatic heterocycles. The molecule has 3 N–H and O–H groups in total. The third-order valence-corrected chi connectivity index (χ3v) is 2.82. The minimum absolute atomic E-state index is 0. The standard InChI is InChI=1S/C12H14F2N2O3.ClH/c13-12(14)19-8-3-1-2-7(4-8)11(18)16-9-5-15-6-10(9)17;/h1-4,9-10,12,15,17H,5-6H2,(H,16,18);1H/t9-,10-;/m1./s1. The van der Waals surface area contributed by atoms with E-state index >= 15 is 0 Å². The second kappa shape index (κ2) is 7.37. The molecule has 112 valence electrons. The van der Waals surface area contributed by atoms with Crippen LogP contribution in [0.2, 0.25) is 0 Å². The maximum absolute atomic E-state index is 12.1. The van der Waals surface area contributed by atoms with Crippen molar-refractivity contribution in [1.82, 2.24) is 10.6 Å². The predicted octanol–water partition coefficient (Wildman–Crippen LogP) is 0.772.